The number of benzene rings is 1. The highest BCUT2D eigenvalue weighted by atomic mass is 79.9. The van der Waals surface area contributed by atoms with Gasteiger partial charge in [0.2, 0.25) is 0 Å². The fraction of sp³-hybridized carbons (Fsp3) is 0.167. The SMILES string of the molecule is CC(Nc1c(Cl)cc(F)cc1Br)c1cnccn1. The molecule has 94 valence electrons. The maximum atomic E-state index is 13.1. The van der Waals surface area contributed by atoms with Crippen molar-refractivity contribution in [3.8, 4) is 0 Å². The zero-order chi connectivity index (χ0) is 13.1. The third kappa shape index (κ3) is 2.97. The maximum Gasteiger partial charge on any atom is 0.125 e. The molecule has 1 heterocycles. The molecule has 0 bridgehead atoms. The number of rotatable bonds is 3. The van der Waals surface area contributed by atoms with Crippen LogP contribution in [0.25, 0.3) is 0 Å². The fourth-order valence-corrected chi connectivity index (χ4v) is 2.43. The summed E-state index contributed by atoms with van der Waals surface area (Å²) in [5.41, 5.74) is 1.42. The van der Waals surface area contributed by atoms with Gasteiger partial charge in [-0.15, -0.1) is 0 Å². The zero-order valence-corrected chi connectivity index (χ0v) is 11.8. The zero-order valence-electron chi connectivity index (χ0n) is 9.49. The molecule has 0 fully saturated rings. The Labute approximate surface area is 118 Å². The average molecular weight is 331 g/mol. The summed E-state index contributed by atoms with van der Waals surface area (Å²) in [6.45, 7) is 1.93. The third-order valence-electron chi connectivity index (χ3n) is 2.39. The Kier molecular flexibility index (Phi) is 4.14. The molecule has 0 aliphatic rings. The van der Waals surface area contributed by atoms with Crippen LogP contribution in [0.5, 0.6) is 0 Å². The predicted molar refractivity (Wildman–Crippen MR) is 73.2 cm³/mol. The van der Waals surface area contributed by atoms with Crippen LogP contribution in [0, 0.1) is 5.82 Å². The van der Waals surface area contributed by atoms with Crippen LogP contribution in [-0.4, -0.2) is 9.97 Å². The lowest BCUT2D eigenvalue weighted by Gasteiger charge is -2.16. The van der Waals surface area contributed by atoms with E-state index in [-0.39, 0.29) is 11.9 Å². The van der Waals surface area contributed by atoms with Crippen LogP contribution in [0.1, 0.15) is 18.7 Å². The van der Waals surface area contributed by atoms with Crippen LogP contribution in [0.3, 0.4) is 0 Å². The van der Waals surface area contributed by atoms with Crippen molar-refractivity contribution in [1.82, 2.24) is 9.97 Å². The Hall–Kier alpha value is -1.20. The summed E-state index contributed by atoms with van der Waals surface area (Å²) in [7, 11) is 0. The van der Waals surface area contributed by atoms with Crippen LogP contribution >= 0.6 is 27.5 Å². The van der Waals surface area contributed by atoms with Gasteiger partial charge < -0.3 is 5.32 Å². The molecule has 0 saturated heterocycles. The molecule has 0 aliphatic carbocycles. The van der Waals surface area contributed by atoms with Crippen molar-refractivity contribution in [2.45, 2.75) is 13.0 Å². The molecule has 0 saturated carbocycles. The fourth-order valence-electron chi connectivity index (χ4n) is 1.50. The number of aromatic nitrogens is 2. The lowest BCUT2D eigenvalue weighted by molar-refractivity contribution is 0.627. The normalized spacial score (nSPS) is 12.2. The largest absolute Gasteiger partial charge is 0.375 e. The molecule has 1 atom stereocenters. The Balaban J connectivity index is 2.25. The summed E-state index contributed by atoms with van der Waals surface area (Å²) < 4.78 is 13.7. The lowest BCUT2D eigenvalue weighted by atomic mass is 10.2. The van der Waals surface area contributed by atoms with E-state index in [0.717, 1.165) is 5.69 Å². The number of nitrogens with zero attached hydrogens (tertiary/aromatic N) is 2. The topological polar surface area (TPSA) is 37.8 Å². The number of hydrogen-bond donors (Lipinski definition) is 1. The van der Waals surface area contributed by atoms with Crippen molar-refractivity contribution in [3.05, 3.63) is 51.7 Å². The van der Waals surface area contributed by atoms with Gasteiger partial charge in [0.05, 0.1) is 28.6 Å². The van der Waals surface area contributed by atoms with Gasteiger partial charge in [-0.2, -0.15) is 0 Å². The van der Waals surface area contributed by atoms with Gasteiger partial charge in [-0.25, -0.2) is 4.39 Å². The summed E-state index contributed by atoms with van der Waals surface area (Å²) in [4.78, 5) is 8.19. The first-order chi connectivity index (χ1) is 8.58. The van der Waals surface area contributed by atoms with E-state index in [1.165, 1.54) is 12.1 Å². The highest BCUT2D eigenvalue weighted by Crippen LogP contribution is 2.33. The molecule has 2 aromatic rings. The van der Waals surface area contributed by atoms with Crippen molar-refractivity contribution in [3.63, 3.8) is 0 Å². The molecule has 3 nitrogen and oxygen atoms in total. The first-order valence-electron chi connectivity index (χ1n) is 5.25. The van der Waals surface area contributed by atoms with Gasteiger partial charge in [-0.3, -0.25) is 9.97 Å². The van der Waals surface area contributed by atoms with Gasteiger partial charge in [0.15, 0.2) is 0 Å². The van der Waals surface area contributed by atoms with Crippen molar-refractivity contribution in [2.24, 2.45) is 0 Å². The Morgan fingerprint density at radius 3 is 2.78 bits per heavy atom. The molecule has 6 heteroatoms. The van der Waals surface area contributed by atoms with Crippen molar-refractivity contribution in [1.29, 1.82) is 0 Å². The first kappa shape index (κ1) is 13.2. The second-order valence-corrected chi connectivity index (χ2v) is 5.00. The number of halogens is 3. The third-order valence-corrected chi connectivity index (χ3v) is 3.32. The summed E-state index contributed by atoms with van der Waals surface area (Å²) in [5.74, 6) is -0.385. The minimum absolute atomic E-state index is 0.0852. The second kappa shape index (κ2) is 5.63. The highest BCUT2D eigenvalue weighted by molar-refractivity contribution is 9.10. The molecular formula is C12H10BrClFN3. The number of anilines is 1. The summed E-state index contributed by atoms with van der Waals surface area (Å²) in [6.07, 6.45) is 4.90. The summed E-state index contributed by atoms with van der Waals surface area (Å²) in [5, 5.41) is 3.49. The highest BCUT2D eigenvalue weighted by Gasteiger charge is 2.12. The van der Waals surface area contributed by atoms with Crippen molar-refractivity contribution < 1.29 is 4.39 Å². The summed E-state index contributed by atoms with van der Waals surface area (Å²) in [6, 6.07) is 2.54. The van der Waals surface area contributed by atoms with E-state index < -0.39 is 0 Å². The lowest BCUT2D eigenvalue weighted by Crippen LogP contribution is -2.09. The van der Waals surface area contributed by atoms with Crippen LogP contribution in [0.15, 0.2) is 35.2 Å². The van der Waals surface area contributed by atoms with Crippen LogP contribution in [0.2, 0.25) is 5.02 Å². The van der Waals surface area contributed by atoms with Crippen LogP contribution < -0.4 is 5.32 Å². The van der Waals surface area contributed by atoms with Gasteiger partial charge in [0, 0.05) is 16.9 Å². The van der Waals surface area contributed by atoms with E-state index in [1.54, 1.807) is 18.6 Å². The number of nitrogens with one attached hydrogen (secondary N) is 1. The van der Waals surface area contributed by atoms with Crippen LogP contribution in [0.4, 0.5) is 10.1 Å². The van der Waals surface area contributed by atoms with E-state index in [1.807, 2.05) is 6.92 Å². The average Bonchev–Trinajstić information content (AvgIpc) is 2.34. The van der Waals surface area contributed by atoms with Crippen molar-refractivity contribution >= 4 is 33.2 Å². The van der Waals surface area contributed by atoms with Gasteiger partial charge in [-0.05, 0) is 35.0 Å². The van der Waals surface area contributed by atoms with Gasteiger partial charge in [0.1, 0.15) is 5.82 Å². The smallest absolute Gasteiger partial charge is 0.125 e. The molecule has 2 rings (SSSR count). The standard InChI is InChI=1S/C12H10BrClFN3/c1-7(11-6-16-2-3-17-11)18-12-9(13)4-8(15)5-10(12)14/h2-7,18H,1H3. The van der Waals surface area contributed by atoms with Crippen molar-refractivity contribution in [2.75, 3.05) is 5.32 Å². The van der Waals surface area contributed by atoms with Gasteiger partial charge >= 0.3 is 0 Å². The quantitative estimate of drug-likeness (QED) is 0.916. The minimum Gasteiger partial charge on any atom is -0.375 e. The van der Waals surface area contributed by atoms with E-state index in [0.29, 0.717) is 15.2 Å². The van der Waals surface area contributed by atoms with Gasteiger partial charge in [-0.1, -0.05) is 11.6 Å². The van der Waals surface area contributed by atoms with E-state index in [2.05, 4.69) is 31.2 Å². The molecule has 0 spiro atoms. The molecule has 1 aromatic carbocycles. The molecule has 0 radical (unpaired) electrons. The summed E-state index contributed by atoms with van der Waals surface area (Å²) >= 11 is 9.27. The maximum absolute atomic E-state index is 13.1. The molecule has 0 aliphatic heterocycles. The molecule has 18 heavy (non-hydrogen) atoms. The van der Waals surface area contributed by atoms with Crippen LogP contribution in [-0.2, 0) is 0 Å². The molecule has 0 amide bonds. The monoisotopic (exact) mass is 329 g/mol. The van der Waals surface area contributed by atoms with E-state index in [4.69, 9.17) is 11.6 Å². The molecule has 1 N–H and O–H groups in total. The van der Waals surface area contributed by atoms with Gasteiger partial charge in [0.25, 0.3) is 0 Å². The Morgan fingerprint density at radius 1 is 1.39 bits per heavy atom. The second-order valence-electron chi connectivity index (χ2n) is 3.74. The number of hydrogen-bond acceptors (Lipinski definition) is 3. The van der Waals surface area contributed by atoms with E-state index in [9.17, 15) is 4.39 Å². The van der Waals surface area contributed by atoms with E-state index >= 15 is 0 Å². The first-order valence-corrected chi connectivity index (χ1v) is 6.42. The molecular weight excluding hydrogens is 321 g/mol. The molecule has 1 aromatic heterocycles. The molecule has 1 unspecified atom stereocenters. The Morgan fingerprint density at radius 2 is 2.17 bits per heavy atom. The predicted octanol–water partition coefficient (Wildman–Crippen LogP) is 4.20. The Bertz CT molecular complexity index is 527. The minimum atomic E-state index is -0.385.